The molecule has 11 heteroatoms. The molecule has 9 nitrogen and oxygen atoms in total. The van der Waals surface area contributed by atoms with Gasteiger partial charge in [-0.25, -0.2) is 14.2 Å². The molecule has 2 N–H and O–H groups in total. The number of rotatable bonds is 6. The quantitative estimate of drug-likeness (QED) is 0.539. The van der Waals surface area contributed by atoms with Gasteiger partial charge in [-0.15, -0.1) is 21.5 Å². The number of thiazole rings is 1. The van der Waals surface area contributed by atoms with E-state index in [1.54, 1.807) is 30.6 Å². The van der Waals surface area contributed by atoms with Gasteiger partial charge in [0.15, 0.2) is 5.82 Å². The molecule has 3 aromatic rings. The third-order valence-corrected chi connectivity index (χ3v) is 7.51. The number of aromatic nitrogens is 4. The van der Waals surface area contributed by atoms with Crippen LogP contribution in [0.3, 0.4) is 0 Å². The van der Waals surface area contributed by atoms with Gasteiger partial charge in [0, 0.05) is 35.7 Å². The lowest BCUT2D eigenvalue weighted by molar-refractivity contribution is -0.123. The second kappa shape index (κ2) is 9.65. The summed E-state index contributed by atoms with van der Waals surface area (Å²) in [4.78, 5) is 36.5. The van der Waals surface area contributed by atoms with Crippen LogP contribution in [0.1, 0.15) is 49.1 Å². The van der Waals surface area contributed by atoms with Crippen LogP contribution in [-0.2, 0) is 10.2 Å². The van der Waals surface area contributed by atoms with E-state index in [-0.39, 0.29) is 18.3 Å². The van der Waals surface area contributed by atoms with Crippen molar-refractivity contribution < 1.29 is 14.0 Å². The highest BCUT2D eigenvalue weighted by Gasteiger charge is 2.45. The van der Waals surface area contributed by atoms with Crippen LogP contribution in [-0.4, -0.2) is 44.8 Å². The Labute approximate surface area is 206 Å². The molecule has 1 atom stereocenters. The smallest absolute Gasteiger partial charge is 0.324 e. The van der Waals surface area contributed by atoms with E-state index in [9.17, 15) is 14.0 Å². The number of hydrogen-bond acceptors (Lipinski definition) is 7. The number of hydrogen-bond donors (Lipinski definition) is 2. The lowest BCUT2D eigenvalue weighted by Gasteiger charge is -2.44. The lowest BCUT2D eigenvalue weighted by atomic mass is 9.66. The van der Waals surface area contributed by atoms with Crippen molar-refractivity contribution >= 4 is 29.1 Å². The second-order valence-electron chi connectivity index (χ2n) is 9.07. The minimum atomic E-state index is -0.620. The van der Waals surface area contributed by atoms with Gasteiger partial charge in [-0.05, 0) is 56.9 Å². The molecule has 2 fully saturated rings. The number of carbonyl (C=O) groups is 2. The number of nitrogens with zero attached hydrogens (tertiary/aromatic N) is 5. The number of aryl methyl sites for hydroxylation is 1. The molecule has 0 radical (unpaired) electrons. The third-order valence-electron chi connectivity index (χ3n) is 6.57. The first-order valence-corrected chi connectivity index (χ1v) is 12.5. The van der Waals surface area contributed by atoms with Crippen LogP contribution >= 0.6 is 11.3 Å². The highest BCUT2D eigenvalue weighted by atomic mass is 32.1. The maximum atomic E-state index is 14.8. The first kappa shape index (κ1) is 23.3. The Hall–Kier alpha value is -3.47. The number of amides is 3. The average Bonchev–Trinajstić information content (AvgIpc) is 3.26. The molecule has 1 saturated carbocycles. The predicted molar refractivity (Wildman–Crippen MR) is 129 cm³/mol. The fourth-order valence-electron chi connectivity index (χ4n) is 4.61. The Morgan fingerprint density at radius 3 is 2.74 bits per heavy atom. The summed E-state index contributed by atoms with van der Waals surface area (Å²) in [6.07, 6.45) is 6.98. The van der Waals surface area contributed by atoms with Gasteiger partial charge in [0.2, 0.25) is 5.91 Å². The molecule has 0 aromatic carbocycles. The summed E-state index contributed by atoms with van der Waals surface area (Å²) in [6.45, 7) is 2.16. The monoisotopic (exact) mass is 495 g/mol. The molecule has 0 bridgehead atoms. The van der Waals surface area contributed by atoms with Crippen molar-refractivity contribution in [1.82, 2.24) is 30.8 Å². The van der Waals surface area contributed by atoms with E-state index in [2.05, 4.69) is 30.8 Å². The minimum absolute atomic E-state index is 0.0954. The van der Waals surface area contributed by atoms with Gasteiger partial charge >= 0.3 is 6.03 Å². The van der Waals surface area contributed by atoms with Crippen LogP contribution in [0.5, 0.6) is 0 Å². The molecule has 0 spiro atoms. The zero-order valence-corrected chi connectivity index (χ0v) is 20.1. The molecule has 35 heavy (non-hydrogen) atoms. The summed E-state index contributed by atoms with van der Waals surface area (Å²) in [6, 6.07) is 6.03. The maximum absolute atomic E-state index is 14.8. The molecule has 0 unspecified atom stereocenters. The van der Waals surface area contributed by atoms with E-state index in [1.165, 1.54) is 22.3 Å². The van der Waals surface area contributed by atoms with Crippen molar-refractivity contribution in [1.29, 1.82) is 0 Å². The molecular formula is C24H26FN7O2S. The van der Waals surface area contributed by atoms with Crippen LogP contribution in [0.15, 0.2) is 36.7 Å². The molecule has 5 rings (SSSR count). The van der Waals surface area contributed by atoms with Crippen LogP contribution in [0, 0.1) is 12.7 Å². The van der Waals surface area contributed by atoms with E-state index < -0.39 is 17.6 Å². The van der Waals surface area contributed by atoms with Gasteiger partial charge in [-0.2, -0.15) is 0 Å². The van der Waals surface area contributed by atoms with E-state index in [0.29, 0.717) is 49.3 Å². The number of anilines is 1. The van der Waals surface area contributed by atoms with Crippen LogP contribution in [0.2, 0.25) is 0 Å². The van der Waals surface area contributed by atoms with Crippen LogP contribution in [0.25, 0.3) is 10.7 Å². The largest absolute Gasteiger partial charge is 0.336 e. The normalized spacial score (nSPS) is 18.9. The number of carbonyl (C=O) groups excluding carboxylic acids is 2. The van der Waals surface area contributed by atoms with Gasteiger partial charge < -0.3 is 10.6 Å². The highest BCUT2D eigenvalue weighted by molar-refractivity contribution is 7.14. The topological polar surface area (TPSA) is 113 Å². The molecule has 3 amide bonds. The van der Waals surface area contributed by atoms with Crippen molar-refractivity contribution in [2.45, 2.75) is 57.0 Å². The van der Waals surface area contributed by atoms with Crippen molar-refractivity contribution in [2.75, 3.05) is 11.4 Å². The Morgan fingerprint density at radius 1 is 1.26 bits per heavy atom. The average molecular weight is 496 g/mol. The van der Waals surface area contributed by atoms with E-state index in [0.717, 1.165) is 16.3 Å². The van der Waals surface area contributed by atoms with Gasteiger partial charge in [0.05, 0.1) is 5.69 Å². The zero-order valence-electron chi connectivity index (χ0n) is 19.3. The summed E-state index contributed by atoms with van der Waals surface area (Å²) < 4.78 is 14.8. The molecule has 3 aromatic heterocycles. The Balaban J connectivity index is 1.45. The van der Waals surface area contributed by atoms with E-state index in [4.69, 9.17) is 0 Å². The van der Waals surface area contributed by atoms with Crippen LogP contribution in [0.4, 0.5) is 15.0 Å². The third kappa shape index (κ3) is 4.86. The van der Waals surface area contributed by atoms with Gasteiger partial charge in [0.1, 0.15) is 22.7 Å². The van der Waals surface area contributed by atoms with Crippen molar-refractivity contribution in [3.63, 3.8) is 0 Å². The van der Waals surface area contributed by atoms with Gasteiger partial charge in [0.25, 0.3) is 0 Å². The second-order valence-corrected chi connectivity index (χ2v) is 10.3. The molecule has 2 aliphatic rings. The van der Waals surface area contributed by atoms with Gasteiger partial charge in [-0.3, -0.25) is 14.7 Å². The van der Waals surface area contributed by atoms with E-state index in [1.807, 2.05) is 6.92 Å². The molecule has 1 aliphatic heterocycles. The molecule has 182 valence electrons. The van der Waals surface area contributed by atoms with Gasteiger partial charge in [-0.1, -0.05) is 6.42 Å². The molecule has 1 saturated heterocycles. The minimum Gasteiger partial charge on any atom is -0.336 e. The lowest BCUT2D eigenvalue weighted by Crippen LogP contribution is -2.57. The summed E-state index contributed by atoms with van der Waals surface area (Å²) in [5, 5.41) is 15.1. The van der Waals surface area contributed by atoms with Crippen molar-refractivity contribution in [2.24, 2.45) is 0 Å². The number of nitrogens with one attached hydrogen (secondary N) is 2. The fraction of sp³-hybridized carbons (Fsp3) is 0.417. The fourth-order valence-corrected chi connectivity index (χ4v) is 5.34. The van der Waals surface area contributed by atoms with Crippen LogP contribution < -0.4 is 15.5 Å². The number of halogens is 1. The maximum Gasteiger partial charge on any atom is 0.324 e. The molecular weight excluding hydrogens is 469 g/mol. The zero-order chi connectivity index (χ0) is 24.4. The Kier molecular flexibility index (Phi) is 6.42. The predicted octanol–water partition coefficient (Wildman–Crippen LogP) is 3.71. The van der Waals surface area contributed by atoms with Crippen molar-refractivity contribution in [3.05, 3.63) is 53.0 Å². The Morgan fingerprint density at radius 2 is 2.11 bits per heavy atom. The first-order chi connectivity index (χ1) is 16.9. The molecule has 1 aliphatic carbocycles. The van der Waals surface area contributed by atoms with E-state index >= 15 is 0 Å². The summed E-state index contributed by atoms with van der Waals surface area (Å²) in [7, 11) is 0. The summed E-state index contributed by atoms with van der Waals surface area (Å²) >= 11 is 1.51. The summed E-state index contributed by atoms with van der Waals surface area (Å²) in [5.41, 5.74) is 0.351. The Bertz CT molecular complexity index is 1230. The highest BCUT2D eigenvalue weighted by Crippen LogP contribution is 2.45. The SMILES string of the molecule is Cc1cnc(-c2ccc(N(CC3(c4ncccc4F)CCC3)C(=O)N[C@@H]3CCCC(=O)N3)nn2)s1. The number of piperidine rings is 1. The number of urea groups is 1. The standard InChI is InChI=1S/C24H26FN7O2S/c1-15-13-27-22(35-15)17-8-9-19(31-30-17)32(23(34)29-18-6-2-7-20(33)28-18)14-24(10-4-11-24)21-16(25)5-3-12-26-21/h3,5,8-9,12-13,18H,2,4,6-7,10-11,14H2,1H3,(H,28,33)(H,29,34)/t18-/m1/s1. The first-order valence-electron chi connectivity index (χ1n) is 11.7. The summed E-state index contributed by atoms with van der Waals surface area (Å²) in [5.74, 6) is -0.140. The number of pyridine rings is 1. The molecule has 4 heterocycles. The van der Waals surface area contributed by atoms with Crippen molar-refractivity contribution in [3.8, 4) is 10.7 Å².